The van der Waals surface area contributed by atoms with E-state index in [0.29, 0.717) is 30.5 Å². The Labute approximate surface area is 101 Å². The number of rotatable bonds is 2. The van der Waals surface area contributed by atoms with E-state index < -0.39 is 20.7 Å². The first kappa shape index (κ1) is 12.3. The molecule has 2 rings (SSSR count). The maximum atomic E-state index is 11.7. The van der Waals surface area contributed by atoms with Crippen LogP contribution in [0, 0.1) is 0 Å². The lowest BCUT2D eigenvalue weighted by molar-refractivity contribution is 0.0481. The van der Waals surface area contributed by atoms with E-state index in [1.54, 1.807) is 6.07 Å². The third-order valence-corrected chi connectivity index (χ3v) is 5.05. The SMILES string of the molecule is CS(=O)(=O)C1CCCC1(O)c1cnccc1N. The van der Waals surface area contributed by atoms with E-state index in [4.69, 9.17) is 5.73 Å². The minimum Gasteiger partial charge on any atom is -0.398 e. The number of nitrogens with two attached hydrogens (primary N) is 1. The summed E-state index contributed by atoms with van der Waals surface area (Å²) in [6, 6.07) is 1.57. The molecule has 0 bridgehead atoms. The number of hydrogen-bond donors (Lipinski definition) is 2. The van der Waals surface area contributed by atoms with Gasteiger partial charge >= 0.3 is 0 Å². The Hall–Kier alpha value is -1.14. The quantitative estimate of drug-likeness (QED) is 0.801. The second kappa shape index (κ2) is 3.96. The Morgan fingerprint density at radius 3 is 2.88 bits per heavy atom. The van der Waals surface area contributed by atoms with Gasteiger partial charge in [0.05, 0.1) is 5.25 Å². The molecule has 1 aromatic heterocycles. The van der Waals surface area contributed by atoms with Crippen molar-refractivity contribution < 1.29 is 13.5 Å². The first-order valence-electron chi connectivity index (χ1n) is 5.47. The molecule has 5 nitrogen and oxygen atoms in total. The Kier molecular flexibility index (Phi) is 2.87. The van der Waals surface area contributed by atoms with Crippen LogP contribution in [0.25, 0.3) is 0 Å². The van der Waals surface area contributed by atoms with Crippen LogP contribution >= 0.6 is 0 Å². The van der Waals surface area contributed by atoms with Gasteiger partial charge in [0.2, 0.25) is 0 Å². The Morgan fingerprint density at radius 1 is 1.59 bits per heavy atom. The molecule has 1 heterocycles. The number of nitrogens with zero attached hydrogens (tertiary/aromatic N) is 1. The fourth-order valence-corrected chi connectivity index (χ4v) is 4.15. The van der Waals surface area contributed by atoms with Gasteiger partial charge in [-0.3, -0.25) is 4.98 Å². The molecule has 3 N–H and O–H groups in total. The minimum absolute atomic E-state index is 0.387. The fraction of sp³-hybridized carbons (Fsp3) is 0.545. The third-order valence-electron chi connectivity index (χ3n) is 3.39. The van der Waals surface area contributed by atoms with E-state index in [9.17, 15) is 13.5 Å². The second-order valence-electron chi connectivity index (χ2n) is 4.60. The summed E-state index contributed by atoms with van der Waals surface area (Å²) in [5.74, 6) is 0. The largest absolute Gasteiger partial charge is 0.398 e. The summed E-state index contributed by atoms with van der Waals surface area (Å²) in [5.41, 5.74) is 5.21. The number of hydrogen-bond acceptors (Lipinski definition) is 5. The number of nitrogen functional groups attached to an aromatic ring is 1. The standard InChI is InChI=1S/C11H16N2O3S/c1-17(15,16)10-3-2-5-11(10,14)8-7-13-6-4-9(8)12/h4,6-7,10,14H,2-3,5H2,1H3,(H2,12,13). The van der Waals surface area contributed by atoms with Crippen molar-refractivity contribution >= 4 is 15.5 Å². The van der Waals surface area contributed by atoms with Crippen LogP contribution in [0.5, 0.6) is 0 Å². The van der Waals surface area contributed by atoms with Gasteiger partial charge in [0.25, 0.3) is 0 Å². The molecule has 1 fully saturated rings. The molecule has 1 aromatic rings. The molecule has 17 heavy (non-hydrogen) atoms. The van der Waals surface area contributed by atoms with E-state index in [-0.39, 0.29) is 0 Å². The fourth-order valence-electron chi connectivity index (χ4n) is 2.60. The second-order valence-corrected chi connectivity index (χ2v) is 6.83. The number of pyridine rings is 1. The predicted molar refractivity (Wildman–Crippen MR) is 65.0 cm³/mol. The van der Waals surface area contributed by atoms with Gasteiger partial charge in [-0.05, 0) is 25.3 Å². The third kappa shape index (κ3) is 2.02. The van der Waals surface area contributed by atoms with Crippen LogP contribution in [0.1, 0.15) is 24.8 Å². The lowest BCUT2D eigenvalue weighted by atomic mass is 9.92. The minimum atomic E-state index is -3.31. The molecular formula is C11H16N2O3S. The van der Waals surface area contributed by atoms with E-state index in [2.05, 4.69) is 4.98 Å². The summed E-state index contributed by atoms with van der Waals surface area (Å²) in [5, 5.41) is 9.85. The molecule has 0 spiro atoms. The van der Waals surface area contributed by atoms with Crippen molar-refractivity contribution in [2.75, 3.05) is 12.0 Å². The van der Waals surface area contributed by atoms with Crippen molar-refractivity contribution in [3.05, 3.63) is 24.0 Å². The van der Waals surface area contributed by atoms with Crippen LogP contribution in [-0.4, -0.2) is 30.0 Å². The molecule has 6 heteroatoms. The molecule has 2 atom stereocenters. The molecular weight excluding hydrogens is 240 g/mol. The summed E-state index contributed by atoms with van der Waals surface area (Å²) in [7, 11) is -3.31. The van der Waals surface area contributed by atoms with Crippen LogP contribution in [0.2, 0.25) is 0 Å². The van der Waals surface area contributed by atoms with Crippen molar-refractivity contribution in [1.29, 1.82) is 0 Å². The Bertz CT molecular complexity index is 529. The van der Waals surface area contributed by atoms with E-state index in [0.717, 1.165) is 6.26 Å². The summed E-state index contributed by atoms with van der Waals surface area (Å²) in [6.07, 6.45) is 5.67. The maximum Gasteiger partial charge on any atom is 0.153 e. The Balaban J connectivity index is 2.53. The summed E-state index contributed by atoms with van der Waals surface area (Å²) in [6.45, 7) is 0. The van der Waals surface area contributed by atoms with Gasteiger partial charge in [-0.15, -0.1) is 0 Å². The zero-order valence-electron chi connectivity index (χ0n) is 9.63. The molecule has 94 valence electrons. The van der Waals surface area contributed by atoms with Crippen LogP contribution < -0.4 is 5.73 Å². The average molecular weight is 256 g/mol. The summed E-state index contributed by atoms with van der Waals surface area (Å²) >= 11 is 0. The molecule has 0 amide bonds. The normalized spacial score (nSPS) is 29.4. The predicted octanol–water partition coefficient (Wildman–Crippen LogP) is 0.449. The molecule has 0 aliphatic heterocycles. The van der Waals surface area contributed by atoms with Crippen LogP contribution in [0.3, 0.4) is 0 Å². The zero-order chi connectivity index (χ0) is 12.7. The highest BCUT2D eigenvalue weighted by molar-refractivity contribution is 7.91. The maximum absolute atomic E-state index is 11.7. The number of aromatic nitrogens is 1. The lowest BCUT2D eigenvalue weighted by Gasteiger charge is -2.30. The van der Waals surface area contributed by atoms with E-state index in [1.807, 2.05) is 0 Å². The van der Waals surface area contributed by atoms with E-state index >= 15 is 0 Å². The smallest absolute Gasteiger partial charge is 0.153 e. The molecule has 1 saturated carbocycles. The topological polar surface area (TPSA) is 93.3 Å². The van der Waals surface area contributed by atoms with Crippen molar-refractivity contribution in [2.24, 2.45) is 0 Å². The van der Waals surface area contributed by atoms with Gasteiger partial charge in [0.15, 0.2) is 9.84 Å². The molecule has 0 aromatic carbocycles. The highest BCUT2D eigenvalue weighted by atomic mass is 32.2. The van der Waals surface area contributed by atoms with Crippen molar-refractivity contribution in [3.63, 3.8) is 0 Å². The van der Waals surface area contributed by atoms with Crippen LogP contribution in [-0.2, 0) is 15.4 Å². The molecule has 0 radical (unpaired) electrons. The van der Waals surface area contributed by atoms with Crippen LogP contribution in [0.15, 0.2) is 18.5 Å². The lowest BCUT2D eigenvalue weighted by Crippen LogP contribution is -2.40. The highest BCUT2D eigenvalue weighted by Gasteiger charge is 2.49. The molecule has 1 aliphatic carbocycles. The summed E-state index contributed by atoms with van der Waals surface area (Å²) in [4.78, 5) is 3.92. The van der Waals surface area contributed by atoms with Crippen molar-refractivity contribution in [3.8, 4) is 0 Å². The number of sulfone groups is 1. The van der Waals surface area contributed by atoms with Crippen LogP contribution in [0.4, 0.5) is 5.69 Å². The first-order chi connectivity index (χ1) is 7.86. The van der Waals surface area contributed by atoms with Gasteiger partial charge in [0, 0.05) is 29.9 Å². The first-order valence-corrected chi connectivity index (χ1v) is 7.42. The summed E-state index contributed by atoms with van der Waals surface area (Å²) < 4.78 is 23.4. The molecule has 0 saturated heterocycles. The van der Waals surface area contributed by atoms with Crippen molar-refractivity contribution in [1.82, 2.24) is 4.98 Å². The van der Waals surface area contributed by atoms with Gasteiger partial charge in [-0.25, -0.2) is 8.42 Å². The number of anilines is 1. The average Bonchev–Trinajstić information content (AvgIpc) is 2.61. The monoisotopic (exact) mass is 256 g/mol. The molecule has 1 aliphatic rings. The number of aliphatic hydroxyl groups is 1. The van der Waals surface area contributed by atoms with E-state index in [1.165, 1.54) is 12.4 Å². The highest BCUT2D eigenvalue weighted by Crippen LogP contribution is 2.43. The Morgan fingerprint density at radius 2 is 2.29 bits per heavy atom. The van der Waals surface area contributed by atoms with Gasteiger partial charge < -0.3 is 10.8 Å². The van der Waals surface area contributed by atoms with Crippen molar-refractivity contribution in [2.45, 2.75) is 30.1 Å². The zero-order valence-corrected chi connectivity index (χ0v) is 10.4. The molecule has 2 unspecified atom stereocenters. The van der Waals surface area contributed by atoms with Gasteiger partial charge in [0.1, 0.15) is 5.60 Å². The van der Waals surface area contributed by atoms with Gasteiger partial charge in [-0.2, -0.15) is 0 Å². The van der Waals surface area contributed by atoms with Gasteiger partial charge in [-0.1, -0.05) is 0 Å².